The molecule has 0 aliphatic carbocycles. The lowest BCUT2D eigenvalue weighted by Gasteiger charge is -2.34. The predicted octanol–water partition coefficient (Wildman–Crippen LogP) is 2.26. The van der Waals surface area contributed by atoms with Crippen molar-refractivity contribution in [1.29, 1.82) is 0 Å². The Kier molecular flexibility index (Phi) is 5.20. The van der Waals surface area contributed by atoms with E-state index in [1.54, 1.807) is 12.3 Å². The zero-order chi connectivity index (χ0) is 16.1. The zero-order valence-corrected chi connectivity index (χ0v) is 13.5. The van der Waals surface area contributed by atoms with Gasteiger partial charge < -0.3 is 15.1 Å². The summed E-state index contributed by atoms with van der Waals surface area (Å²) >= 11 is 0. The topological polar surface area (TPSA) is 31.4 Å². The molecular formula is C18H23FN4. The van der Waals surface area contributed by atoms with Gasteiger partial charge in [-0.05, 0) is 36.4 Å². The van der Waals surface area contributed by atoms with E-state index in [1.807, 2.05) is 30.5 Å². The van der Waals surface area contributed by atoms with Crippen LogP contribution in [0.15, 0.2) is 42.7 Å². The lowest BCUT2D eigenvalue weighted by atomic mass is 10.1. The number of hydrogen-bond donors (Lipinski definition) is 1. The van der Waals surface area contributed by atoms with Gasteiger partial charge in [-0.2, -0.15) is 0 Å². The van der Waals surface area contributed by atoms with Crippen LogP contribution >= 0.6 is 0 Å². The summed E-state index contributed by atoms with van der Waals surface area (Å²) in [5.74, 6) is -0.134. The fraction of sp³-hybridized carbons (Fsp3) is 0.389. The fourth-order valence-electron chi connectivity index (χ4n) is 2.81. The average Bonchev–Trinajstić information content (AvgIpc) is 2.58. The van der Waals surface area contributed by atoms with Crippen LogP contribution in [0.3, 0.4) is 0 Å². The second-order valence-electron chi connectivity index (χ2n) is 6.04. The molecule has 1 saturated heterocycles. The van der Waals surface area contributed by atoms with Crippen LogP contribution in [0.1, 0.15) is 11.1 Å². The van der Waals surface area contributed by atoms with Crippen LogP contribution in [0.4, 0.5) is 10.1 Å². The van der Waals surface area contributed by atoms with Crippen molar-refractivity contribution in [3.05, 3.63) is 59.7 Å². The van der Waals surface area contributed by atoms with Gasteiger partial charge in [-0.1, -0.05) is 12.1 Å². The number of hydrogen-bond acceptors (Lipinski definition) is 4. The molecule has 0 bridgehead atoms. The summed E-state index contributed by atoms with van der Waals surface area (Å²) in [4.78, 5) is 8.51. The minimum atomic E-state index is -0.134. The summed E-state index contributed by atoms with van der Waals surface area (Å²) in [7, 11) is 2.10. The summed E-state index contributed by atoms with van der Waals surface area (Å²) < 4.78 is 14.2. The number of nitrogens with zero attached hydrogens (tertiary/aromatic N) is 3. The van der Waals surface area contributed by atoms with E-state index in [-0.39, 0.29) is 5.82 Å². The number of rotatable bonds is 5. The lowest BCUT2D eigenvalue weighted by molar-refractivity contribution is 0.311. The van der Waals surface area contributed by atoms with Crippen LogP contribution in [-0.2, 0) is 13.1 Å². The third-order valence-electron chi connectivity index (χ3n) is 4.24. The van der Waals surface area contributed by atoms with E-state index < -0.39 is 0 Å². The lowest BCUT2D eigenvalue weighted by Crippen LogP contribution is -2.44. The Balaban J connectivity index is 1.61. The molecule has 23 heavy (non-hydrogen) atoms. The van der Waals surface area contributed by atoms with Crippen LogP contribution in [0.2, 0.25) is 0 Å². The average molecular weight is 314 g/mol. The molecule has 122 valence electrons. The molecule has 1 N–H and O–H groups in total. The molecule has 4 nitrogen and oxygen atoms in total. The highest BCUT2D eigenvalue weighted by Gasteiger charge is 2.17. The van der Waals surface area contributed by atoms with Gasteiger partial charge in [-0.15, -0.1) is 0 Å². The second kappa shape index (κ2) is 7.53. The van der Waals surface area contributed by atoms with Gasteiger partial charge in [0.15, 0.2) is 0 Å². The summed E-state index contributed by atoms with van der Waals surface area (Å²) in [6.07, 6.45) is 3.62. The predicted molar refractivity (Wildman–Crippen MR) is 90.9 cm³/mol. The van der Waals surface area contributed by atoms with E-state index in [2.05, 4.69) is 27.1 Å². The van der Waals surface area contributed by atoms with E-state index in [0.717, 1.165) is 56.1 Å². The van der Waals surface area contributed by atoms with Crippen LogP contribution < -0.4 is 10.2 Å². The highest BCUT2D eigenvalue weighted by atomic mass is 19.1. The third-order valence-corrected chi connectivity index (χ3v) is 4.24. The molecule has 0 amide bonds. The van der Waals surface area contributed by atoms with Crippen LogP contribution in [0, 0.1) is 5.82 Å². The van der Waals surface area contributed by atoms with Crippen molar-refractivity contribution in [1.82, 2.24) is 15.2 Å². The highest BCUT2D eigenvalue weighted by Crippen LogP contribution is 2.22. The molecule has 0 unspecified atom stereocenters. The molecular weight excluding hydrogens is 291 g/mol. The monoisotopic (exact) mass is 314 g/mol. The first-order valence-corrected chi connectivity index (χ1v) is 8.04. The first-order valence-electron chi connectivity index (χ1n) is 8.04. The van der Waals surface area contributed by atoms with Crippen LogP contribution in [0.5, 0.6) is 0 Å². The van der Waals surface area contributed by atoms with Crippen molar-refractivity contribution in [2.24, 2.45) is 0 Å². The molecule has 1 aromatic carbocycles. The standard InChI is InChI=1S/C18H23FN4/c1-22-7-9-23(10-8-22)18-11-15(4-5-17(18)19)12-21-14-16-3-2-6-20-13-16/h2-6,11,13,21H,7-10,12,14H2,1H3. The molecule has 0 atom stereocenters. The van der Waals surface area contributed by atoms with Gasteiger partial charge in [0.2, 0.25) is 0 Å². The Hall–Kier alpha value is -1.98. The summed E-state index contributed by atoms with van der Waals surface area (Å²) in [5, 5.41) is 3.39. The van der Waals surface area contributed by atoms with Crippen molar-refractivity contribution in [2.75, 3.05) is 38.1 Å². The largest absolute Gasteiger partial charge is 0.367 e. The van der Waals surface area contributed by atoms with Gasteiger partial charge in [0.1, 0.15) is 5.82 Å². The Bertz CT molecular complexity index is 624. The van der Waals surface area contributed by atoms with Crippen molar-refractivity contribution in [3.63, 3.8) is 0 Å². The van der Waals surface area contributed by atoms with Gasteiger partial charge in [0.05, 0.1) is 5.69 Å². The molecule has 3 rings (SSSR count). The number of benzene rings is 1. The Labute approximate surface area is 136 Å². The van der Waals surface area contributed by atoms with Crippen LogP contribution in [0.25, 0.3) is 0 Å². The summed E-state index contributed by atoms with van der Waals surface area (Å²) in [6, 6.07) is 9.37. The van der Waals surface area contributed by atoms with Crippen molar-refractivity contribution in [3.8, 4) is 0 Å². The van der Waals surface area contributed by atoms with Crippen molar-refractivity contribution >= 4 is 5.69 Å². The minimum Gasteiger partial charge on any atom is -0.367 e. The molecule has 5 heteroatoms. The number of halogens is 1. The number of anilines is 1. The maximum Gasteiger partial charge on any atom is 0.146 e. The Morgan fingerprint density at radius 2 is 1.87 bits per heavy atom. The maximum atomic E-state index is 14.2. The van der Waals surface area contributed by atoms with Gasteiger partial charge in [0, 0.05) is 51.7 Å². The van der Waals surface area contributed by atoms with Gasteiger partial charge in [-0.25, -0.2) is 4.39 Å². The Morgan fingerprint density at radius 1 is 1.09 bits per heavy atom. The second-order valence-corrected chi connectivity index (χ2v) is 6.04. The molecule has 0 saturated carbocycles. The van der Waals surface area contributed by atoms with E-state index in [1.165, 1.54) is 0 Å². The smallest absolute Gasteiger partial charge is 0.146 e. The first kappa shape index (κ1) is 15.9. The van der Waals surface area contributed by atoms with Gasteiger partial charge >= 0.3 is 0 Å². The zero-order valence-electron chi connectivity index (χ0n) is 13.5. The maximum absolute atomic E-state index is 14.2. The number of piperazine rings is 1. The SMILES string of the molecule is CN1CCN(c2cc(CNCc3cccnc3)ccc2F)CC1. The molecule has 2 aromatic rings. The molecule has 1 fully saturated rings. The molecule has 1 aromatic heterocycles. The van der Waals surface area contributed by atoms with Crippen LogP contribution in [-0.4, -0.2) is 43.1 Å². The normalized spacial score (nSPS) is 15.8. The molecule has 0 spiro atoms. The van der Waals surface area contributed by atoms with Gasteiger partial charge in [0.25, 0.3) is 0 Å². The van der Waals surface area contributed by atoms with E-state index >= 15 is 0 Å². The first-order chi connectivity index (χ1) is 11.2. The number of likely N-dealkylation sites (N-methyl/N-ethyl adjacent to an activating group) is 1. The minimum absolute atomic E-state index is 0.134. The van der Waals surface area contributed by atoms with E-state index in [0.29, 0.717) is 0 Å². The number of aromatic nitrogens is 1. The highest BCUT2D eigenvalue weighted by molar-refractivity contribution is 5.50. The van der Waals surface area contributed by atoms with Crippen molar-refractivity contribution < 1.29 is 4.39 Å². The molecule has 1 aliphatic heterocycles. The van der Waals surface area contributed by atoms with Crippen molar-refractivity contribution in [2.45, 2.75) is 13.1 Å². The molecule has 0 radical (unpaired) electrons. The quantitative estimate of drug-likeness (QED) is 0.917. The van der Waals surface area contributed by atoms with Gasteiger partial charge in [-0.3, -0.25) is 4.98 Å². The molecule has 1 aliphatic rings. The third kappa shape index (κ3) is 4.27. The summed E-state index contributed by atoms with van der Waals surface area (Å²) in [6.45, 7) is 5.18. The molecule has 2 heterocycles. The fourth-order valence-corrected chi connectivity index (χ4v) is 2.81. The summed E-state index contributed by atoms with van der Waals surface area (Å²) in [5.41, 5.74) is 2.97. The Morgan fingerprint density at radius 3 is 2.61 bits per heavy atom. The van der Waals surface area contributed by atoms with E-state index in [4.69, 9.17) is 0 Å². The number of nitrogens with one attached hydrogen (secondary N) is 1. The van der Waals surface area contributed by atoms with E-state index in [9.17, 15) is 4.39 Å². The number of pyridine rings is 1.